The van der Waals surface area contributed by atoms with E-state index < -0.39 is 32.7 Å². The smallest absolute Gasteiger partial charge is 0.379 e. The predicted molar refractivity (Wildman–Crippen MR) is 71.5 cm³/mol. The number of sulfone groups is 1. The molecule has 0 radical (unpaired) electrons. The summed E-state index contributed by atoms with van der Waals surface area (Å²) in [4.78, 5) is 0. The second-order valence-corrected chi connectivity index (χ2v) is 7.58. The van der Waals surface area contributed by atoms with Crippen LogP contribution >= 0.6 is 0 Å². The fraction of sp³-hybridized carbons (Fsp3) is 0.462. The van der Waals surface area contributed by atoms with Gasteiger partial charge in [0.05, 0.1) is 28.7 Å². The Morgan fingerprint density at radius 2 is 2.05 bits per heavy atom. The quantitative estimate of drug-likeness (QED) is 0.910. The summed E-state index contributed by atoms with van der Waals surface area (Å²) in [5.41, 5.74) is -2.13. The Morgan fingerprint density at radius 3 is 2.52 bits per heavy atom. The van der Waals surface area contributed by atoms with Gasteiger partial charge < -0.3 is 5.32 Å². The Bertz CT molecular complexity index is 707. The lowest BCUT2D eigenvalue weighted by atomic mass is 10.0. The summed E-state index contributed by atoms with van der Waals surface area (Å²) in [6.07, 6.45) is -4.30. The van der Waals surface area contributed by atoms with E-state index in [-0.39, 0.29) is 17.2 Å². The van der Waals surface area contributed by atoms with Crippen LogP contribution in [0.15, 0.2) is 18.2 Å². The average molecular weight is 318 g/mol. The molecule has 2 rings (SSSR count). The summed E-state index contributed by atoms with van der Waals surface area (Å²) in [7, 11) is -3.16. The molecule has 0 saturated carbocycles. The largest absolute Gasteiger partial charge is 0.417 e. The SMILES string of the molecule is CC1(Nc2ccc(C#N)c(C(F)(F)F)c2)CCS(=O)(=O)C1. The number of rotatable bonds is 2. The van der Waals surface area contributed by atoms with Crippen LogP contribution in [0.3, 0.4) is 0 Å². The van der Waals surface area contributed by atoms with E-state index in [9.17, 15) is 21.6 Å². The Hall–Kier alpha value is -1.75. The average Bonchev–Trinajstić information content (AvgIpc) is 2.62. The Kier molecular flexibility index (Phi) is 3.66. The number of nitrogens with one attached hydrogen (secondary N) is 1. The topological polar surface area (TPSA) is 70.0 Å². The fourth-order valence-electron chi connectivity index (χ4n) is 2.41. The minimum Gasteiger partial charge on any atom is -0.379 e. The molecule has 4 nitrogen and oxygen atoms in total. The molecule has 1 unspecified atom stereocenters. The highest BCUT2D eigenvalue weighted by Crippen LogP contribution is 2.35. The molecule has 1 N–H and O–H groups in total. The van der Waals surface area contributed by atoms with E-state index in [1.165, 1.54) is 12.1 Å². The summed E-state index contributed by atoms with van der Waals surface area (Å²) in [5.74, 6) is -0.111. The van der Waals surface area contributed by atoms with Crippen molar-refractivity contribution in [1.29, 1.82) is 5.26 Å². The van der Waals surface area contributed by atoms with E-state index in [0.29, 0.717) is 6.42 Å². The van der Waals surface area contributed by atoms with Crippen molar-refractivity contribution in [2.24, 2.45) is 0 Å². The first kappa shape index (κ1) is 15.6. The van der Waals surface area contributed by atoms with Gasteiger partial charge in [0.1, 0.15) is 0 Å². The minimum absolute atomic E-state index is 0.0128. The molecule has 8 heteroatoms. The van der Waals surface area contributed by atoms with E-state index in [4.69, 9.17) is 5.26 Å². The second kappa shape index (κ2) is 4.91. The van der Waals surface area contributed by atoms with E-state index in [1.807, 2.05) is 0 Å². The van der Waals surface area contributed by atoms with Crippen molar-refractivity contribution >= 4 is 15.5 Å². The van der Waals surface area contributed by atoms with Gasteiger partial charge in [0.2, 0.25) is 0 Å². The molecule has 1 aromatic carbocycles. The Balaban J connectivity index is 2.33. The maximum Gasteiger partial charge on any atom is 0.417 e. The molecule has 1 aliphatic rings. The Labute approximate surface area is 120 Å². The van der Waals surface area contributed by atoms with Crippen LogP contribution in [-0.4, -0.2) is 25.5 Å². The van der Waals surface area contributed by atoms with Crippen molar-refractivity contribution in [3.63, 3.8) is 0 Å². The van der Waals surface area contributed by atoms with Crippen LogP contribution in [0.1, 0.15) is 24.5 Å². The van der Waals surface area contributed by atoms with Gasteiger partial charge in [-0.3, -0.25) is 0 Å². The molecule has 114 valence electrons. The molecule has 1 atom stereocenters. The van der Waals surface area contributed by atoms with Crippen molar-refractivity contribution in [2.75, 3.05) is 16.8 Å². The minimum atomic E-state index is -4.63. The molecule has 0 bridgehead atoms. The third-order valence-corrected chi connectivity index (χ3v) is 5.30. The van der Waals surface area contributed by atoms with Gasteiger partial charge in [-0.1, -0.05) is 0 Å². The highest BCUT2D eigenvalue weighted by molar-refractivity contribution is 7.91. The first-order valence-electron chi connectivity index (χ1n) is 6.15. The van der Waals surface area contributed by atoms with Crippen LogP contribution in [0.5, 0.6) is 0 Å². The van der Waals surface area contributed by atoms with Crippen LogP contribution in [0.4, 0.5) is 18.9 Å². The molecular formula is C13H13F3N2O2S. The highest BCUT2D eigenvalue weighted by Gasteiger charge is 2.39. The Morgan fingerprint density at radius 1 is 1.38 bits per heavy atom. The maximum absolute atomic E-state index is 12.9. The van der Waals surface area contributed by atoms with Crippen LogP contribution in [0.25, 0.3) is 0 Å². The molecule has 0 aromatic heterocycles. The first-order chi connectivity index (χ1) is 9.55. The van der Waals surface area contributed by atoms with E-state index in [0.717, 1.165) is 12.1 Å². The summed E-state index contributed by atoms with van der Waals surface area (Å²) >= 11 is 0. The third-order valence-electron chi connectivity index (χ3n) is 3.39. The van der Waals surface area contributed by atoms with Crippen LogP contribution in [0, 0.1) is 11.3 Å². The molecule has 1 saturated heterocycles. The molecular weight excluding hydrogens is 305 g/mol. The zero-order chi connectivity index (χ0) is 15.9. The fourth-order valence-corrected chi connectivity index (χ4v) is 4.50. The molecule has 0 spiro atoms. The van der Waals surface area contributed by atoms with E-state index in [2.05, 4.69) is 5.32 Å². The van der Waals surface area contributed by atoms with Gasteiger partial charge >= 0.3 is 6.18 Å². The van der Waals surface area contributed by atoms with Crippen molar-refractivity contribution in [2.45, 2.75) is 25.1 Å². The number of halogens is 3. The molecule has 0 amide bonds. The van der Waals surface area contributed by atoms with E-state index in [1.54, 1.807) is 6.92 Å². The van der Waals surface area contributed by atoms with Gasteiger partial charge in [-0.15, -0.1) is 0 Å². The van der Waals surface area contributed by atoms with Gasteiger partial charge in [0, 0.05) is 11.2 Å². The normalized spacial score (nSPS) is 24.5. The van der Waals surface area contributed by atoms with Crippen molar-refractivity contribution < 1.29 is 21.6 Å². The van der Waals surface area contributed by atoms with Gasteiger partial charge in [0.25, 0.3) is 0 Å². The maximum atomic E-state index is 12.9. The van der Waals surface area contributed by atoms with Gasteiger partial charge in [-0.2, -0.15) is 18.4 Å². The zero-order valence-corrected chi connectivity index (χ0v) is 12.0. The number of hydrogen-bond donors (Lipinski definition) is 1. The molecule has 1 aromatic rings. The molecule has 0 aliphatic carbocycles. The first-order valence-corrected chi connectivity index (χ1v) is 7.97. The van der Waals surface area contributed by atoms with Crippen molar-refractivity contribution in [3.05, 3.63) is 29.3 Å². The summed E-state index contributed by atoms with van der Waals surface area (Å²) in [6.45, 7) is 1.66. The lowest BCUT2D eigenvalue weighted by molar-refractivity contribution is -0.137. The van der Waals surface area contributed by atoms with Gasteiger partial charge in [-0.05, 0) is 31.5 Å². The number of benzene rings is 1. The predicted octanol–water partition coefficient (Wildman–Crippen LogP) is 2.57. The highest BCUT2D eigenvalue weighted by atomic mass is 32.2. The van der Waals surface area contributed by atoms with Crippen molar-refractivity contribution in [1.82, 2.24) is 0 Å². The number of hydrogen-bond acceptors (Lipinski definition) is 4. The lowest BCUT2D eigenvalue weighted by Crippen LogP contribution is -2.35. The third kappa shape index (κ3) is 3.47. The molecule has 1 heterocycles. The number of anilines is 1. The summed E-state index contributed by atoms with van der Waals surface area (Å²) in [6, 6.07) is 4.78. The number of nitriles is 1. The monoisotopic (exact) mass is 318 g/mol. The standard InChI is InChI=1S/C13H13F3N2O2S/c1-12(4-5-21(19,20)8-12)18-10-3-2-9(7-17)11(6-10)13(14,15)16/h2-3,6,18H,4-5,8H2,1H3. The van der Waals surface area contributed by atoms with Crippen LogP contribution < -0.4 is 5.32 Å². The van der Waals surface area contributed by atoms with E-state index >= 15 is 0 Å². The van der Waals surface area contributed by atoms with Gasteiger partial charge in [-0.25, -0.2) is 8.42 Å². The number of nitrogens with zero attached hydrogens (tertiary/aromatic N) is 1. The molecule has 1 aliphatic heterocycles. The summed E-state index contributed by atoms with van der Waals surface area (Å²) < 4.78 is 61.6. The number of alkyl halides is 3. The lowest BCUT2D eigenvalue weighted by Gasteiger charge is -2.26. The zero-order valence-electron chi connectivity index (χ0n) is 11.2. The van der Waals surface area contributed by atoms with Gasteiger partial charge in [0.15, 0.2) is 9.84 Å². The van der Waals surface area contributed by atoms with Crippen LogP contribution in [0.2, 0.25) is 0 Å². The van der Waals surface area contributed by atoms with Crippen molar-refractivity contribution in [3.8, 4) is 6.07 Å². The second-order valence-electron chi connectivity index (χ2n) is 5.40. The molecule has 21 heavy (non-hydrogen) atoms. The summed E-state index contributed by atoms with van der Waals surface area (Å²) in [5, 5.41) is 11.6. The molecule has 1 fully saturated rings. The van der Waals surface area contributed by atoms with Crippen LogP contribution in [-0.2, 0) is 16.0 Å².